The number of nitrogens with zero attached hydrogens (tertiary/aromatic N) is 1. The molecule has 1 rings (SSSR count). The summed E-state index contributed by atoms with van der Waals surface area (Å²) in [5, 5.41) is 0. The fourth-order valence-corrected chi connectivity index (χ4v) is 1.83. The topological polar surface area (TPSA) is 3.24 Å². The van der Waals surface area contributed by atoms with Gasteiger partial charge in [-0.1, -0.05) is 6.58 Å². The largest absolute Gasteiger partial charge is 0.287 e. The van der Waals surface area contributed by atoms with Crippen molar-refractivity contribution < 1.29 is 0 Å². The van der Waals surface area contributed by atoms with Crippen LogP contribution in [0.15, 0.2) is 12.2 Å². The average Bonchev–Trinajstić information content (AvgIpc) is 1.60. The van der Waals surface area contributed by atoms with Gasteiger partial charge >= 0.3 is 0 Å². The molecule has 2 heteroatoms. The molecular formula is C7H13NS. The van der Waals surface area contributed by atoms with Crippen LogP contribution in [0.4, 0.5) is 0 Å². The lowest BCUT2D eigenvalue weighted by Gasteiger charge is -2.33. The molecule has 9 heavy (non-hydrogen) atoms. The van der Waals surface area contributed by atoms with Gasteiger partial charge < -0.3 is 0 Å². The van der Waals surface area contributed by atoms with Crippen LogP contribution in [-0.2, 0) is 0 Å². The Balaban J connectivity index is 2.20. The number of hydrogen-bond acceptors (Lipinski definition) is 1. The fourth-order valence-electron chi connectivity index (χ4n) is 1.00. The first-order valence-electron chi connectivity index (χ1n) is 3.03. The van der Waals surface area contributed by atoms with E-state index in [0.29, 0.717) is 0 Å². The molecule has 1 unspecified atom stereocenters. The minimum Gasteiger partial charge on any atom is -0.287 e. The van der Waals surface area contributed by atoms with Gasteiger partial charge in [0.05, 0.1) is 0 Å². The van der Waals surface area contributed by atoms with E-state index in [1.807, 2.05) is 0 Å². The van der Waals surface area contributed by atoms with Crippen molar-refractivity contribution in [1.82, 2.24) is 4.90 Å². The van der Waals surface area contributed by atoms with Crippen LogP contribution in [0.1, 0.15) is 0 Å². The third kappa shape index (κ3) is 1.90. The van der Waals surface area contributed by atoms with Gasteiger partial charge in [-0.25, -0.2) is 0 Å². The lowest BCUT2D eigenvalue weighted by Crippen LogP contribution is -2.39. The van der Waals surface area contributed by atoms with Gasteiger partial charge in [-0.05, 0) is 11.8 Å². The minimum absolute atomic E-state index is 0.229. The SMILES string of the molecule is C#[SH](C)CN1CC(=C)C1. The van der Waals surface area contributed by atoms with Gasteiger partial charge in [0.1, 0.15) is 0 Å². The van der Waals surface area contributed by atoms with E-state index in [-0.39, 0.29) is 10.3 Å². The highest BCUT2D eigenvalue weighted by molar-refractivity contribution is 8.05. The van der Waals surface area contributed by atoms with Gasteiger partial charge in [0.15, 0.2) is 0 Å². The normalized spacial score (nSPS) is 23.3. The maximum Gasteiger partial charge on any atom is 0.0357 e. The number of rotatable bonds is 1. The molecule has 52 valence electrons. The van der Waals surface area contributed by atoms with Gasteiger partial charge in [0.2, 0.25) is 0 Å². The summed E-state index contributed by atoms with van der Waals surface area (Å²) in [4.78, 5) is 2.33. The quantitative estimate of drug-likeness (QED) is 0.424. The summed E-state index contributed by atoms with van der Waals surface area (Å²) in [5.41, 5.74) is 6.98. The molecule has 1 aliphatic rings. The molecule has 0 saturated carbocycles. The maximum absolute atomic E-state index is 5.64. The van der Waals surface area contributed by atoms with E-state index in [9.17, 15) is 0 Å². The Morgan fingerprint density at radius 1 is 1.78 bits per heavy atom. The number of likely N-dealkylation sites (tertiary alicyclic amines) is 1. The zero-order chi connectivity index (χ0) is 6.85. The first kappa shape index (κ1) is 6.94. The smallest absolute Gasteiger partial charge is 0.0357 e. The molecule has 1 fully saturated rings. The number of thiol groups is 1. The van der Waals surface area contributed by atoms with Crippen molar-refractivity contribution in [3.05, 3.63) is 12.2 Å². The van der Waals surface area contributed by atoms with E-state index in [1.54, 1.807) is 0 Å². The maximum atomic E-state index is 5.64. The predicted molar refractivity (Wildman–Crippen MR) is 45.4 cm³/mol. The van der Waals surface area contributed by atoms with Crippen molar-refractivity contribution >= 4 is 10.3 Å². The monoisotopic (exact) mass is 143 g/mol. The van der Waals surface area contributed by atoms with Gasteiger partial charge in [-0.2, -0.15) is 10.3 Å². The van der Waals surface area contributed by atoms with Crippen LogP contribution in [0.25, 0.3) is 0 Å². The Labute approximate surface area is 58.9 Å². The van der Waals surface area contributed by atoms with Crippen molar-refractivity contribution in [2.45, 2.75) is 0 Å². The van der Waals surface area contributed by atoms with Gasteiger partial charge in [-0.3, -0.25) is 4.90 Å². The summed E-state index contributed by atoms with van der Waals surface area (Å²) in [6.07, 6.45) is 2.09. The van der Waals surface area contributed by atoms with Gasteiger partial charge in [0, 0.05) is 19.0 Å². The Kier molecular flexibility index (Phi) is 2.01. The Morgan fingerprint density at radius 3 is 2.67 bits per heavy atom. The summed E-state index contributed by atoms with van der Waals surface area (Å²) >= 11 is 0. The third-order valence-electron chi connectivity index (χ3n) is 1.32. The van der Waals surface area contributed by atoms with Crippen LogP contribution in [0.3, 0.4) is 0 Å². The second-order valence-corrected chi connectivity index (χ2v) is 4.43. The molecule has 0 amide bonds. The Morgan fingerprint density at radius 2 is 2.33 bits per heavy atom. The van der Waals surface area contributed by atoms with Crippen LogP contribution >= 0.6 is 10.3 Å². The molecule has 0 aliphatic carbocycles. The second-order valence-electron chi connectivity index (χ2n) is 2.64. The molecule has 0 N–H and O–H groups in total. The van der Waals surface area contributed by atoms with E-state index in [4.69, 9.17) is 5.69 Å². The zero-order valence-corrected chi connectivity index (χ0v) is 6.69. The average molecular weight is 143 g/mol. The second kappa shape index (κ2) is 2.61. The van der Waals surface area contributed by atoms with E-state index in [0.717, 1.165) is 19.0 Å². The lowest BCUT2D eigenvalue weighted by molar-refractivity contribution is 0.298. The number of hydrogen-bond donors (Lipinski definition) is 1. The standard InChI is InChI=1S/C7H13NS/c1-7-4-8(5-7)6-9(2)3/h2,9H,1,4-6H2,3H3. The molecule has 0 radical (unpaired) electrons. The molecule has 1 atom stereocenters. The summed E-state index contributed by atoms with van der Waals surface area (Å²) in [5.74, 6) is 1.08. The van der Waals surface area contributed by atoms with Crippen LogP contribution < -0.4 is 0 Å². The Hall–Kier alpha value is -0.170. The van der Waals surface area contributed by atoms with E-state index in [1.165, 1.54) is 5.57 Å². The van der Waals surface area contributed by atoms with Crippen LogP contribution in [-0.4, -0.2) is 30.1 Å². The molecule has 0 aromatic rings. The summed E-state index contributed by atoms with van der Waals surface area (Å²) in [7, 11) is -0.229. The summed E-state index contributed by atoms with van der Waals surface area (Å²) in [6, 6.07) is 0. The van der Waals surface area contributed by atoms with Gasteiger partial charge in [-0.15, -0.1) is 5.69 Å². The molecule has 0 aromatic heterocycles. The molecule has 1 aliphatic heterocycles. The molecule has 1 heterocycles. The molecule has 1 saturated heterocycles. The zero-order valence-electron chi connectivity index (χ0n) is 5.80. The predicted octanol–water partition coefficient (Wildman–Crippen LogP) is 1.04. The minimum atomic E-state index is -0.229. The van der Waals surface area contributed by atoms with Crippen LogP contribution in [0, 0.1) is 5.69 Å². The first-order chi connectivity index (χ1) is 4.18. The first-order valence-corrected chi connectivity index (χ1v) is 5.07. The molecule has 1 nitrogen and oxygen atoms in total. The summed E-state index contributed by atoms with van der Waals surface area (Å²) < 4.78 is 0. The van der Waals surface area contributed by atoms with E-state index in [2.05, 4.69) is 17.7 Å². The molecule has 0 spiro atoms. The van der Waals surface area contributed by atoms with Crippen molar-refractivity contribution in [3.63, 3.8) is 0 Å². The molecular weight excluding hydrogens is 130 g/mol. The van der Waals surface area contributed by atoms with Gasteiger partial charge in [0.25, 0.3) is 0 Å². The fraction of sp³-hybridized carbons (Fsp3) is 0.571. The van der Waals surface area contributed by atoms with Crippen molar-refractivity contribution in [3.8, 4) is 5.69 Å². The third-order valence-corrected chi connectivity index (χ3v) is 2.16. The van der Waals surface area contributed by atoms with Crippen LogP contribution in [0.2, 0.25) is 0 Å². The summed E-state index contributed by atoms with van der Waals surface area (Å²) in [6.45, 7) is 5.99. The molecule has 0 bridgehead atoms. The van der Waals surface area contributed by atoms with Crippen LogP contribution in [0.5, 0.6) is 0 Å². The van der Waals surface area contributed by atoms with E-state index < -0.39 is 0 Å². The lowest BCUT2D eigenvalue weighted by atomic mass is 10.2. The molecule has 0 aromatic carbocycles. The van der Waals surface area contributed by atoms with E-state index >= 15 is 0 Å². The van der Waals surface area contributed by atoms with Crippen molar-refractivity contribution in [2.24, 2.45) is 0 Å². The Bertz CT molecular complexity index is 179. The highest BCUT2D eigenvalue weighted by Crippen LogP contribution is 2.15. The highest BCUT2D eigenvalue weighted by atomic mass is 32.2. The van der Waals surface area contributed by atoms with Crippen molar-refractivity contribution in [2.75, 3.05) is 25.2 Å². The highest BCUT2D eigenvalue weighted by Gasteiger charge is 2.15. The van der Waals surface area contributed by atoms with Crippen molar-refractivity contribution in [1.29, 1.82) is 0 Å².